The van der Waals surface area contributed by atoms with Gasteiger partial charge >= 0.3 is 0 Å². The molecule has 3 nitrogen and oxygen atoms in total. The first kappa shape index (κ1) is 17.6. The van der Waals surface area contributed by atoms with E-state index in [9.17, 15) is 9.59 Å². The summed E-state index contributed by atoms with van der Waals surface area (Å²) >= 11 is 3.19. The van der Waals surface area contributed by atoms with Gasteiger partial charge in [-0.1, -0.05) is 30.3 Å². The van der Waals surface area contributed by atoms with E-state index in [2.05, 4.69) is 5.32 Å². The lowest BCUT2D eigenvalue weighted by Crippen LogP contribution is -2.41. The quantitative estimate of drug-likeness (QED) is 0.611. The van der Waals surface area contributed by atoms with Crippen LogP contribution in [0, 0.1) is 0 Å². The minimum atomic E-state index is -0.530. The van der Waals surface area contributed by atoms with Crippen molar-refractivity contribution >= 4 is 35.2 Å². The number of benzene rings is 2. The highest BCUT2D eigenvalue weighted by Crippen LogP contribution is 2.20. The van der Waals surface area contributed by atoms with Crippen molar-refractivity contribution in [3.63, 3.8) is 0 Å². The fourth-order valence-corrected chi connectivity index (χ4v) is 3.43. The summed E-state index contributed by atoms with van der Waals surface area (Å²) in [7, 11) is 0. The number of carbonyl (C=O) groups excluding carboxylic acids is 2. The molecule has 0 fully saturated rings. The number of carbonyl (C=O) groups is 2. The third-order valence-corrected chi connectivity index (χ3v) is 5.08. The molecule has 0 aliphatic carbocycles. The van der Waals surface area contributed by atoms with Crippen molar-refractivity contribution in [2.45, 2.75) is 22.8 Å². The van der Waals surface area contributed by atoms with Crippen molar-refractivity contribution in [1.82, 2.24) is 5.32 Å². The van der Waals surface area contributed by atoms with E-state index in [-0.39, 0.29) is 11.7 Å². The Bertz CT molecular complexity index is 656. The van der Waals surface area contributed by atoms with E-state index in [4.69, 9.17) is 0 Å². The molecule has 23 heavy (non-hydrogen) atoms. The van der Waals surface area contributed by atoms with Crippen LogP contribution < -0.4 is 5.32 Å². The molecule has 0 spiro atoms. The fourth-order valence-electron chi connectivity index (χ4n) is 2.08. The lowest BCUT2D eigenvalue weighted by molar-refractivity contribution is -0.119. The average Bonchev–Trinajstić information content (AvgIpc) is 2.58. The summed E-state index contributed by atoms with van der Waals surface area (Å²) in [5, 5.41) is 2.76. The highest BCUT2D eigenvalue weighted by atomic mass is 32.2. The monoisotopic (exact) mass is 345 g/mol. The van der Waals surface area contributed by atoms with Crippen LogP contribution in [0.1, 0.15) is 17.3 Å². The van der Waals surface area contributed by atoms with Gasteiger partial charge in [-0.2, -0.15) is 0 Å². The number of rotatable bonds is 7. The second-order valence-corrected chi connectivity index (χ2v) is 6.94. The maximum atomic E-state index is 12.7. The van der Waals surface area contributed by atoms with Crippen LogP contribution >= 0.6 is 23.5 Å². The van der Waals surface area contributed by atoms with Crippen molar-refractivity contribution in [3.8, 4) is 0 Å². The van der Waals surface area contributed by atoms with Crippen molar-refractivity contribution in [2.75, 3.05) is 12.0 Å². The number of Topliss-reactive ketones (excluding diaryl/α,β-unsaturated/α-hetero) is 1. The van der Waals surface area contributed by atoms with Gasteiger partial charge in [-0.15, -0.1) is 23.5 Å². The maximum absolute atomic E-state index is 12.7. The molecule has 0 aromatic heterocycles. The van der Waals surface area contributed by atoms with Gasteiger partial charge in [0.25, 0.3) is 0 Å². The van der Waals surface area contributed by atoms with Crippen LogP contribution in [0.4, 0.5) is 0 Å². The van der Waals surface area contributed by atoms with Crippen LogP contribution in [-0.2, 0) is 4.79 Å². The molecule has 1 N–H and O–H groups in total. The zero-order chi connectivity index (χ0) is 16.7. The lowest BCUT2D eigenvalue weighted by atomic mass is 10.1. The molecule has 5 heteroatoms. The van der Waals surface area contributed by atoms with Crippen molar-refractivity contribution in [2.24, 2.45) is 0 Å². The molecule has 0 aliphatic heterocycles. The Kier molecular flexibility index (Phi) is 6.74. The first-order chi connectivity index (χ1) is 11.1. The smallest absolute Gasteiger partial charge is 0.217 e. The normalized spacial score (nSPS) is 11.7. The minimum absolute atomic E-state index is 0.0590. The second kappa shape index (κ2) is 8.79. The summed E-state index contributed by atoms with van der Waals surface area (Å²) in [6.45, 7) is 1.43. The van der Waals surface area contributed by atoms with Gasteiger partial charge in [0.05, 0.1) is 0 Å². The third kappa shape index (κ3) is 5.44. The summed E-state index contributed by atoms with van der Waals surface area (Å²) in [4.78, 5) is 26.3. The largest absolute Gasteiger partial charge is 0.345 e. The first-order valence-electron chi connectivity index (χ1n) is 7.23. The van der Waals surface area contributed by atoms with Gasteiger partial charge in [0.1, 0.15) is 6.04 Å². The molecule has 0 heterocycles. The van der Waals surface area contributed by atoms with Crippen LogP contribution in [0.15, 0.2) is 64.4 Å². The zero-order valence-corrected chi connectivity index (χ0v) is 14.7. The second-order valence-electron chi connectivity index (χ2n) is 4.97. The lowest BCUT2D eigenvalue weighted by Gasteiger charge is -2.16. The maximum Gasteiger partial charge on any atom is 0.217 e. The van der Waals surface area contributed by atoms with Gasteiger partial charge in [0, 0.05) is 28.0 Å². The molecule has 1 unspecified atom stereocenters. The molecular weight excluding hydrogens is 326 g/mol. The topological polar surface area (TPSA) is 46.2 Å². The Morgan fingerprint density at radius 1 is 1.00 bits per heavy atom. The highest BCUT2D eigenvalue weighted by Gasteiger charge is 2.21. The fraction of sp³-hybridized carbons (Fsp3) is 0.222. The SMILES string of the molecule is CSc1ccc(C(=O)C(CSc2ccccc2)NC(C)=O)cc1. The van der Waals surface area contributed by atoms with Gasteiger partial charge in [-0.05, 0) is 30.5 Å². The Morgan fingerprint density at radius 3 is 2.22 bits per heavy atom. The number of ketones is 1. The highest BCUT2D eigenvalue weighted by molar-refractivity contribution is 7.99. The number of thioether (sulfide) groups is 2. The van der Waals surface area contributed by atoms with Gasteiger partial charge in [0.15, 0.2) is 5.78 Å². The summed E-state index contributed by atoms with van der Waals surface area (Å²) in [5.41, 5.74) is 0.621. The van der Waals surface area contributed by atoms with E-state index in [0.29, 0.717) is 11.3 Å². The van der Waals surface area contributed by atoms with Crippen LogP contribution in [0.25, 0.3) is 0 Å². The van der Waals surface area contributed by atoms with E-state index in [0.717, 1.165) is 9.79 Å². The standard InChI is InChI=1S/C18H19NO2S2/c1-13(20)19-17(12-23-16-6-4-3-5-7-16)18(21)14-8-10-15(22-2)11-9-14/h3-11,17H,12H2,1-2H3,(H,19,20). The van der Waals surface area contributed by atoms with E-state index < -0.39 is 6.04 Å². The zero-order valence-electron chi connectivity index (χ0n) is 13.1. The minimum Gasteiger partial charge on any atom is -0.345 e. The van der Waals surface area contributed by atoms with E-state index >= 15 is 0 Å². The molecule has 0 saturated heterocycles. The Balaban J connectivity index is 2.09. The van der Waals surface area contributed by atoms with Crippen molar-refractivity contribution in [1.29, 1.82) is 0 Å². The van der Waals surface area contributed by atoms with Gasteiger partial charge in [0.2, 0.25) is 5.91 Å². The van der Waals surface area contributed by atoms with Gasteiger partial charge in [-0.25, -0.2) is 0 Å². The van der Waals surface area contributed by atoms with E-state index in [1.165, 1.54) is 6.92 Å². The Labute approximate surface area is 145 Å². The van der Waals surface area contributed by atoms with Crippen LogP contribution in [-0.4, -0.2) is 29.7 Å². The molecule has 2 aromatic carbocycles. The molecule has 2 rings (SSSR count). The van der Waals surface area contributed by atoms with Crippen molar-refractivity contribution in [3.05, 3.63) is 60.2 Å². The van der Waals surface area contributed by atoms with Crippen LogP contribution in [0.3, 0.4) is 0 Å². The summed E-state index contributed by atoms with van der Waals surface area (Å²) in [6.07, 6.45) is 1.99. The molecule has 0 saturated carbocycles. The number of hydrogen-bond acceptors (Lipinski definition) is 4. The third-order valence-electron chi connectivity index (χ3n) is 3.23. The van der Waals surface area contributed by atoms with Gasteiger partial charge in [-0.3, -0.25) is 9.59 Å². The summed E-state index contributed by atoms with van der Waals surface area (Å²) in [6, 6.07) is 16.8. The van der Waals surface area contributed by atoms with Gasteiger partial charge < -0.3 is 5.32 Å². The molecule has 1 amide bonds. The summed E-state index contributed by atoms with van der Waals surface area (Å²) in [5.74, 6) is 0.251. The molecule has 0 radical (unpaired) electrons. The Hall–Kier alpha value is -1.72. The molecule has 0 aliphatic rings. The predicted molar refractivity (Wildman–Crippen MR) is 97.3 cm³/mol. The summed E-state index contributed by atoms with van der Waals surface area (Å²) < 4.78 is 0. The molecule has 0 bridgehead atoms. The number of hydrogen-bond donors (Lipinski definition) is 1. The Morgan fingerprint density at radius 2 is 1.65 bits per heavy atom. The number of nitrogens with one attached hydrogen (secondary N) is 1. The van der Waals surface area contributed by atoms with E-state index in [1.807, 2.05) is 60.9 Å². The first-order valence-corrected chi connectivity index (χ1v) is 9.44. The molecular formula is C18H19NO2S2. The number of amides is 1. The average molecular weight is 345 g/mol. The molecule has 120 valence electrons. The molecule has 2 aromatic rings. The van der Waals surface area contributed by atoms with Crippen molar-refractivity contribution < 1.29 is 9.59 Å². The molecule has 1 atom stereocenters. The van der Waals surface area contributed by atoms with Crippen LogP contribution in [0.2, 0.25) is 0 Å². The predicted octanol–water partition coefficient (Wildman–Crippen LogP) is 3.89. The van der Waals surface area contributed by atoms with E-state index in [1.54, 1.807) is 23.5 Å². The van der Waals surface area contributed by atoms with Crippen LogP contribution in [0.5, 0.6) is 0 Å².